The van der Waals surface area contributed by atoms with Crippen molar-refractivity contribution >= 4 is 99.9 Å². The first-order valence-corrected chi connectivity index (χ1v) is 25.7. The van der Waals surface area contributed by atoms with Crippen molar-refractivity contribution in [3.63, 3.8) is 0 Å². The Balaban J connectivity index is 1.20. The van der Waals surface area contributed by atoms with Crippen molar-refractivity contribution in [2.45, 2.75) is 106 Å². The highest BCUT2D eigenvalue weighted by Crippen LogP contribution is 2.52. The van der Waals surface area contributed by atoms with Gasteiger partial charge in [0, 0.05) is 43.7 Å². The molecular formula is C64H61BN2O2S. The van der Waals surface area contributed by atoms with Crippen molar-refractivity contribution in [2.24, 2.45) is 0 Å². The molecule has 6 heteroatoms. The minimum Gasteiger partial charge on any atom is -0.464 e. The first kappa shape index (κ1) is 44.5. The monoisotopic (exact) mass is 932 g/mol. The second kappa shape index (κ2) is 15.4. The molecule has 0 amide bonds. The van der Waals surface area contributed by atoms with Gasteiger partial charge in [-0.05, 0) is 165 Å². The van der Waals surface area contributed by atoms with Crippen LogP contribution < -0.4 is 26.2 Å². The van der Waals surface area contributed by atoms with Crippen LogP contribution >= 0.6 is 11.3 Å². The molecule has 0 aliphatic carbocycles. The Labute approximate surface area is 417 Å². The van der Waals surface area contributed by atoms with Gasteiger partial charge < -0.3 is 18.6 Å². The van der Waals surface area contributed by atoms with Gasteiger partial charge in [0.15, 0.2) is 0 Å². The standard InChI is InChI=1S/C64H61BN2O2S/c1-36-26-42(55-31-41-18-14-16-20-53(41)69-55)27-37(2)60(36)67-52-34-45(64(11,12)13)33-51-58(52)65(57-47-32-43(62(5,6)7)23-25-56(47)70-61(57)67)49-24-22-40(48-35-68-54-21-17-15-19-46(48)54)30-50(49)66(51)59-38(3)28-44(29-39(59)4)63(8,9)10/h14-35H,1-13H3. The van der Waals surface area contributed by atoms with Crippen LogP contribution in [-0.4, -0.2) is 6.71 Å². The van der Waals surface area contributed by atoms with Gasteiger partial charge in [0.25, 0.3) is 6.71 Å². The van der Waals surface area contributed by atoms with Gasteiger partial charge in [-0.3, -0.25) is 0 Å². The summed E-state index contributed by atoms with van der Waals surface area (Å²) < 4.78 is 14.0. The molecule has 0 spiro atoms. The van der Waals surface area contributed by atoms with Crippen LogP contribution in [0.25, 0.3) is 54.5 Å². The summed E-state index contributed by atoms with van der Waals surface area (Å²) in [5.74, 6) is 0.889. The number of rotatable bonds is 4. The predicted molar refractivity (Wildman–Crippen MR) is 301 cm³/mol. The molecule has 0 atom stereocenters. The van der Waals surface area contributed by atoms with Crippen LogP contribution in [0, 0.1) is 27.7 Å². The van der Waals surface area contributed by atoms with Gasteiger partial charge in [-0.2, -0.15) is 0 Å². The third kappa shape index (κ3) is 6.84. The van der Waals surface area contributed by atoms with Crippen molar-refractivity contribution in [1.82, 2.24) is 0 Å². The van der Waals surface area contributed by atoms with Gasteiger partial charge in [-0.15, -0.1) is 11.3 Å². The molecule has 2 aliphatic rings. The largest absolute Gasteiger partial charge is 0.464 e. The molecule has 0 N–H and O–H groups in total. The van der Waals surface area contributed by atoms with E-state index < -0.39 is 0 Å². The number of benzene rings is 7. The van der Waals surface area contributed by atoms with Crippen LogP contribution in [0.4, 0.5) is 33.4 Å². The highest BCUT2D eigenvalue weighted by Gasteiger charge is 2.47. The number of fused-ring (bicyclic) bond motifs is 8. The topological polar surface area (TPSA) is 32.8 Å². The summed E-state index contributed by atoms with van der Waals surface area (Å²) in [4.78, 5) is 5.30. The molecule has 4 nitrogen and oxygen atoms in total. The molecule has 0 bridgehead atoms. The van der Waals surface area contributed by atoms with Gasteiger partial charge >= 0.3 is 0 Å². The number of aryl methyl sites for hydroxylation is 4. The minimum atomic E-state index is -0.159. The van der Waals surface area contributed by atoms with E-state index in [-0.39, 0.29) is 23.0 Å². The maximum Gasteiger partial charge on any atom is 0.254 e. The molecule has 0 fully saturated rings. The second-order valence-corrected chi connectivity index (χ2v) is 24.3. The molecule has 2 aliphatic heterocycles. The van der Waals surface area contributed by atoms with E-state index in [2.05, 4.69) is 221 Å². The molecule has 0 saturated carbocycles. The summed E-state index contributed by atoms with van der Waals surface area (Å²) in [5.41, 5.74) is 24.0. The lowest BCUT2D eigenvalue weighted by Gasteiger charge is -2.45. The predicted octanol–water partition coefficient (Wildman–Crippen LogP) is 16.9. The smallest absolute Gasteiger partial charge is 0.254 e. The van der Waals surface area contributed by atoms with Gasteiger partial charge in [-0.1, -0.05) is 135 Å². The summed E-state index contributed by atoms with van der Waals surface area (Å²) in [6.07, 6.45) is 1.94. The molecule has 12 rings (SSSR count). The molecule has 348 valence electrons. The number of thiophene rings is 1. The van der Waals surface area contributed by atoms with Crippen molar-refractivity contribution in [2.75, 3.05) is 9.80 Å². The third-order valence-electron chi connectivity index (χ3n) is 15.2. The van der Waals surface area contributed by atoms with Crippen molar-refractivity contribution in [1.29, 1.82) is 0 Å². The molecule has 10 aromatic rings. The van der Waals surface area contributed by atoms with Crippen LogP contribution in [0.15, 0.2) is 142 Å². The van der Waals surface area contributed by atoms with Crippen LogP contribution in [0.3, 0.4) is 0 Å². The van der Waals surface area contributed by atoms with E-state index in [1.54, 1.807) is 0 Å². The molecule has 5 heterocycles. The Morgan fingerprint density at radius 3 is 1.76 bits per heavy atom. The van der Waals surface area contributed by atoms with Crippen LogP contribution in [-0.2, 0) is 16.2 Å². The summed E-state index contributed by atoms with van der Waals surface area (Å²) in [7, 11) is 0. The zero-order valence-electron chi connectivity index (χ0n) is 42.9. The van der Waals surface area contributed by atoms with Crippen LogP contribution in [0.1, 0.15) is 101 Å². The average Bonchev–Trinajstić information content (AvgIpc) is 4.04. The Kier molecular flexibility index (Phi) is 9.76. The van der Waals surface area contributed by atoms with E-state index in [0.29, 0.717) is 0 Å². The summed E-state index contributed by atoms with van der Waals surface area (Å²) >= 11 is 1.93. The summed E-state index contributed by atoms with van der Waals surface area (Å²) in [6.45, 7) is 30.2. The van der Waals surface area contributed by atoms with Crippen molar-refractivity contribution < 1.29 is 8.83 Å². The first-order chi connectivity index (χ1) is 33.2. The number of anilines is 6. The first-order valence-electron chi connectivity index (χ1n) is 24.9. The van der Waals surface area contributed by atoms with E-state index in [9.17, 15) is 0 Å². The Hall–Kier alpha value is -6.76. The second-order valence-electron chi connectivity index (χ2n) is 23.3. The Morgan fingerprint density at radius 1 is 0.486 bits per heavy atom. The number of hydrogen-bond donors (Lipinski definition) is 0. The quantitative estimate of drug-likeness (QED) is 0.165. The fourth-order valence-electron chi connectivity index (χ4n) is 11.6. The zero-order valence-corrected chi connectivity index (χ0v) is 43.7. The van der Waals surface area contributed by atoms with Gasteiger partial charge in [0.05, 0.1) is 22.6 Å². The molecular weight excluding hydrogens is 872 g/mol. The van der Waals surface area contributed by atoms with E-state index in [1.807, 2.05) is 23.7 Å². The van der Waals surface area contributed by atoms with Crippen molar-refractivity contribution in [3.8, 4) is 22.5 Å². The van der Waals surface area contributed by atoms with Gasteiger partial charge in [0.2, 0.25) is 0 Å². The fourth-order valence-corrected chi connectivity index (χ4v) is 12.8. The maximum atomic E-state index is 6.51. The van der Waals surface area contributed by atoms with Gasteiger partial charge in [-0.25, -0.2) is 0 Å². The molecule has 3 aromatic heterocycles. The van der Waals surface area contributed by atoms with E-state index in [4.69, 9.17) is 8.83 Å². The van der Waals surface area contributed by atoms with Crippen molar-refractivity contribution in [3.05, 3.63) is 173 Å². The minimum absolute atomic E-state index is 0.00172. The lowest BCUT2D eigenvalue weighted by atomic mass is 9.33. The third-order valence-corrected chi connectivity index (χ3v) is 16.4. The molecule has 0 saturated heterocycles. The number of para-hydroxylation sites is 2. The highest BCUT2D eigenvalue weighted by molar-refractivity contribution is 7.26. The molecule has 0 unspecified atom stereocenters. The summed E-state index contributed by atoms with van der Waals surface area (Å²) in [6, 6.07) is 48.0. The molecule has 7 aromatic carbocycles. The number of hydrogen-bond acceptors (Lipinski definition) is 5. The molecule has 0 radical (unpaired) electrons. The SMILES string of the molecule is Cc1cc(C(C)(C)C)cc(C)c1N1c2cc(-c3coc4ccccc34)ccc2B2c3c1cc(C(C)(C)C)cc3N(c1c(C)cc(-c3cc4ccccc4o3)cc1C)c1sc3ccc(C(C)(C)C)cc3c12. The highest BCUT2D eigenvalue weighted by atomic mass is 32.1. The number of nitrogens with zero attached hydrogens (tertiary/aromatic N) is 2. The Morgan fingerprint density at radius 2 is 1.09 bits per heavy atom. The summed E-state index contributed by atoms with van der Waals surface area (Å²) in [5, 5.41) is 4.85. The van der Waals surface area contributed by atoms with E-state index in [1.165, 1.54) is 98.9 Å². The zero-order chi connectivity index (χ0) is 48.9. The lowest BCUT2D eigenvalue weighted by Crippen LogP contribution is -2.61. The van der Waals surface area contributed by atoms with E-state index in [0.717, 1.165) is 44.4 Å². The Bertz CT molecular complexity index is 3720. The van der Waals surface area contributed by atoms with E-state index >= 15 is 0 Å². The van der Waals surface area contributed by atoms with Crippen LogP contribution in [0.5, 0.6) is 0 Å². The maximum absolute atomic E-state index is 6.51. The van der Waals surface area contributed by atoms with Gasteiger partial charge in [0.1, 0.15) is 16.9 Å². The van der Waals surface area contributed by atoms with Crippen LogP contribution in [0.2, 0.25) is 0 Å². The lowest BCUT2D eigenvalue weighted by molar-refractivity contribution is 0.589. The molecule has 70 heavy (non-hydrogen) atoms. The normalized spacial score (nSPS) is 13.7. The fraction of sp³-hybridized carbons (Fsp3) is 0.250. The average molecular weight is 933 g/mol. The number of furan rings is 2.